The van der Waals surface area contributed by atoms with Crippen LogP contribution in [0, 0.1) is 0 Å². The number of benzene rings is 8. The average molecular weight is 635 g/mol. The summed E-state index contributed by atoms with van der Waals surface area (Å²) in [6.45, 7) is 0. The molecule has 0 aliphatic carbocycles. The van der Waals surface area contributed by atoms with Gasteiger partial charge < -0.3 is 0 Å². The zero-order valence-electron chi connectivity index (χ0n) is 24.8. The summed E-state index contributed by atoms with van der Waals surface area (Å²) >= 11 is 3.62. The minimum atomic E-state index is 0.205. The van der Waals surface area contributed by atoms with Gasteiger partial charge in [-0.15, -0.1) is 16.4 Å². The minimum Gasteiger partial charge on any atom is -0.112 e. The highest BCUT2D eigenvalue weighted by atomic mass is 79.9. The molecule has 8 rings (SSSR count). The van der Waals surface area contributed by atoms with Gasteiger partial charge in [-0.3, -0.25) is 0 Å². The van der Waals surface area contributed by atoms with E-state index >= 15 is 0 Å². The summed E-state index contributed by atoms with van der Waals surface area (Å²) in [5.74, 6) is 0. The lowest BCUT2D eigenvalue weighted by molar-refractivity contribution is 1.66. The highest BCUT2D eigenvalue weighted by molar-refractivity contribution is 9.10. The third-order valence-corrected chi connectivity index (χ3v) is 9.68. The van der Waals surface area contributed by atoms with E-state index in [1.165, 1.54) is 27.3 Å². The molecule has 0 amide bonds. The van der Waals surface area contributed by atoms with Gasteiger partial charge in [-0.05, 0) is 94.7 Å². The summed E-state index contributed by atoms with van der Waals surface area (Å²) in [5, 5.41) is 8.90. The van der Waals surface area contributed by atoms with E-state index in [4.69, 9.17) is 39.2 Å². The van der Waals surface area contributed by atoms with E-state index < -0.39 is 0 Å². The van der Waals surface area contributed by atoms with Crippen molar-refractivity contribution in [2.45, 2.75) is 0 Å². The molecule has 202 valence electrons. The summed E-state index contributed by atoms with van der Waals surface area (Å²) in [6.07, 6.45) is 0. The van der Waals surface area contributed by atoms with Gasteiger partial charge in [0.2, 0.25) is 0 Å². The molecule has 0 aromatic heterocycles. The maximum Gasteiger partial charge on any atom is 0.113 e. The molecule has 8 aromatic carbocycles. The molecule has 0 heterocycles. The van der Waals surface area contributed by atoms with Gasteiger partial charge in [-0.1, -0.05) is 130 Å². The molecule has 0 spiro atoms. The van der Waals surface area contributed by atoms with Gasteiger partial charge >= 0.3 is 0 Å². The molecular formula is C40H20B5Br. The van der Waals surface area contributed by atoms with E-state index in [1.807, 2.05) is 12.1 Å². The molecule has 10 radical (unpaired) electrons. The SMILES string of the molecule is [B]c1c([B])c([B])c(-c2c3ccccc3c(-c3ccc4c(-c5cccc6cc(Br)ccc56)cccc4c3)c3ccccc23)c([B])c1[B]. The summed E-state index contributed by atoms with van der Waals surface area (Å²) in [4.78, 5) is 0. The maximum atomic E-state index is 6.64. The van der Waals surface area contributed by atoms with Crippen LogP contribution < -0.4 is 27.3 Å². The van der Waals surface area contributed by atoms with Crippen LogP contribution in [-0.4, -0.2) is 39.2 Å². The molecule has 0 bridgehead atoms. The first-order chi connectivity index (χ1) is 22.3. The van der Waals surface area contributed by atoms with Crippen LogP contribution in [0.1, 0.15) is 0 Å². The Morgan fingerprint density at radius 3 is 1.35 bits per heavy atom. The molecule has 6 heteroatoms. The summed E-state index contributed by atoms with van der Waals surface area (Å²) in [7, 11) is 32.2. The van der Waals surface area contributed by atoms with Crippen molar-refractivity contribution in [2.75, 3.05) is 0 Å². The number of fused-ring (bicyclic) bond motifs is 4. The second kappa shape index (κ2) is 11.1. The maximum absolute atomic E-state index is 6.64. The molecule has 0 saturated heterocycles. The molecule has 0 N–H and O–H groups in total. The molecule has 0 aliphatic heterocycles. The fourth-order valence-corrected chi connectivity index (χ4v) is 7.37. The third kappa shape index (κ3) is 4.42. The Balaban J connectivity index is 1.41. The van der Waals surface area contributed by atoms with E-state index in [9.17, 15) is 0 Å². The van der Waals surface area contributed by atoms with Crippen molar-refractivity contribution in [1.82, 2.24) is 0 Å². The lowest BCUT2D eigenvalue weighted by Crippen LogP contribution is -2.55. The van der Waals surface area contributed by atoms with Gasteiger partial charge in [0.15, 0.2) is 0 Å². The zero-order valence-corrected chi connectivity index (χ0v) is 26.4. The Kier molecular flexibility index (Phi) is 7.03. The van der Waals surface area contributed by atoms with Crippen LogP contribution in [0.5, 0.6) is 0 Å². The Morgan fingerprint density at radius 2 is 0.804 bits per heavy atom. The molecule has 0 fully saturated rings. The first-order valence-electron chi connectivity index (χ1n) is 15.0. The molecule has 46 heavy (non-hydrogen) atoms. The van der Waals surface area contributed by atoms with Crippen molar-refractivity contribution in [2.24, 2.45) is 0 Å². The van der Waals surface area contributed by atoms with E-state index in [2.05, 4.69) is 125 Å². The van der Waals surface area contributed by atoms with Crippen molar-refractivity contribution < 1.29 is 0 Å². The summed E-state index contributed by atoms with van der Waals surface area (Å²) in [6, 6.07) is 42.9. The minimum absolute atomic E-state index is 0.205. The van der Waals surface area contributed by atoms with Gasteiger partial charge in [-0.2, -0.15) is 0 Å². The van der Waals surface area contributed by atoms with E-state index in [0.29, 0.717) is 16.5 Å². The molecule has 8 aromatic rings. The molecule has 0 unspecified atom stereocenters. The second-order valence-electron chi connectivity index (χ2n) is 11.7. The Hall–Kier alpha value is -4.40. The fourth-order valence-electron chi connectivity index (χ4n) is 6.99. The van der Waals surface area contributed by atoms with E-state index in [-0.39, 0.29) is 16.4 Å². The van der Waals surface area contributed by atoms with Crippen LogP contribution in [0.25, 0.3) is 76.5 Å². The monoisotopic (exact) mass is 634 g/mol. The van der Waals surface area contributed by atoms with Crippen molar-refractivity contribution in [1.29, 1.82) is 0 Å². The van der Waals surface area contributed by atoms with Crippen molar-refractivity contribution in [3.05, 3.63) is 126 Å². The van der Waals surface area contributed by atoms with E-state index in [1.54, 1.807) is 0 Å². The number of rotatable bonds is 3. The summed E-state index contributed by atoms with van der Waals surface area (Å²) in [5.41, 5.74) is 7.47. The fraction of sp³-hybridized carbons (Fsp3) is 0. The molecule has 0 nitrogen and oxygen atoms in total. The molecule has 0 aliphatic rings. The smallest absolute Gasteiger partial charge is 0.112 e. The van der Waals surface area contributed by atoms with Crippen LogP contribution in [-0.2, 0) is 0 Å². The van der Waals surface area contributed by atoms with Gasteiger partial charge in [0.05, 0.1) is 0 Å². The van der Waals surface area contributed by atoms with Crippen LogP contribution >= 0.6 is 15.9 Å². The zero-order chi connectivity index (χ0) is 31.7. The molecule has 0 atom stereocenters. The Bertz CT molecular complexity index is 2470. The standard InChI is InChI=1S/C40H20B5Br/c41-36-35(37(42)39(44)40(45)38(36)43)34-31-11-3-1-9-29(31)33(30-10-2-4-12-32(30)34)23-15-17-25-21(19-23)7-5-13-27(25)28-14-6-8-22-20-24(46)16-18-26(22)28/h1-20H. The predicted molar refractivity (Wildman–Crippen MR) is 207 cm³/mol. The first-order valence-corrected chi connectivity index (χ1v) is 15.8. The number of hydrogen-bond donors (Lipinski definition) is 0. The van der Waals surface area contributed by atoms with Crippen LogP contribution in [0.3, 0.4) is 0 Å². The molecular weight excluding hydrogens is 614 g/mol. The second-order valence-corrected chi connectivity index (χ2v) is 12.6. The van der Waals surface area contributed by atoms with Gasteiger partial charge in [0, 0.05) is 4.47 Å². The van der Waals surface area contributed by atoms with Gasteiger partial charge in [0.25, 0.3) is 0 Å². The third-order valence-electron chi connectivity index (χ3n) is 9.18. The normalized spacial score (nSPS) is 11.6. The average Bonchev–Trinajstić information content (AvgIpc) is 3.08. The lowest BCUT2D eigenvalue weighted by atomic mass is 9.59. The van der Waals surface area contributed by atoms with E-state index in [0.717, 1.165) is 48.1 Å². The molecule has 0 saturated carbocycles. The number of halogens is 1. The Labute approximate surface area is 283 Å². The van der Waals surface area contributed by atoms with Crippen molar-refractivity contribution >= 4 is 126 Å². The van der Waals surface area contributed by atoms with Gasteiger partial charge in [-0.25, -0.2) is 0 Å². The largest absolute Gasteiger partial charge is 0.113 e. The Morgan fingerprint density at radius 1 is 0.348 bits per heavy atom. The van der Waals surface area contributed by atoms with Crippen LogP contribution in [0.2, 0.25) is 0 Å². The van der Waals surface area contributed by atoms with Crippen LogP contribution in [0.4, 0.5) is 0 Å². The first kappa shape index (κ1) is 29.0. The highest BCUT2D eigenvalue weighted by Gasteiger charge is 2.21. The summed E-state index contributed by atoms with van der Waals surface area (Å²) < 4.78 is 1.07. The van der Waals surface area contributed by atoms with Crippen molar-refractivity contribution in [3.8, 4) is 33.4 Å². The quantitative estimate of drug-likeness (QED) is 0.165. The van der Waals surface area contributed by atoms with Crippen LogP contribution in [0.15, 0.2) is 126 Å². The highest BCUT2D eigenvalue weighted by Crippen LogP contribution is 2.44. The number of hydrogen-bond acceptors (Lipinski definition) is 0. The van der Waals surface area contributed by atoms with Gasteiger partial charge in [0.1, 0.15) is 39.2 Å². The lowest BCUT2D eigenvalue weighted by Gasteiger charge is -2.25. The predicted octanol–water partition coefficient (Wildman–Crippen LogP) is 6.03. The van der Waals surface area contributed by atoms with Crippen molar-refractivity contribution in [3.63, 3.8) is 0 Å². The topological polar surface area (TPSA) is 0 Å².